The van der Waals surface area contributed by atoms with Crippen LogP contribution in [0.2, 0.25) is 0 Å². The molecule has 0 aliphatic rings. The van der Waals surface area contributed by atoms with Crippen LogP contribution in [-0.4, -0.2) is 24.2 Å². The van der Waals surface area contributed by atoms with Gasteiger partial charge < -0.3 is 9.84 Å². The topological polar surface area (TPSA) is 63.6 Å². The van der Waals surface area contributed by atoms with E-state index in [1.54, 1.807) is 12.2 Å². The molecule has 0 saturated heterocycles. The van der Waals surface area contributed by atoms with E-state index in [1.165, 1.54) is 7.11 Å². The Morgan fingerprint density at radius 2 is 2.06 bits per heavy atom. The van der Waals surface area contributed by atoms with Gasteiger partial charge in [-0.25, -0.2) is 0 Å². The average molecular weight is 254 g/mol. The van der Waals surface area contributed by atoms with Gasteiger partial charge in [0.1, 0.15) is 0 Å². The number of methoxy groups -OCH3 is 1. The van der Waals surface area contributed by atoms with Crippen LogP contribution in [0.3, 0.4) is 0 Å². The van der Waals surface area contributed by atoms with Crippen LogP contribution >= 0.6 is 0 Å². The van der Waals surface area contributed by atoms with Crippen molar-refractivity contribution in [2.24, 2.45) is 5.92 Å². The van der Waals surface area contributed by atoms with E-state index in [-0.39, 0.29) is 12.4 Å². The van der Waals surface area contributed by atoms with Gasteiger partial charge in [-0.15, -0.1) is 0 Å². The molecule has 0 aromatic heterocycles. The van der Waals surface area contributed by atoms with Crippen molar-refractivity contribution in [1.82, 2.24) is 0 Å². The normalized spacial score (nSPS) is 13.0. The maximum atomic E-state index is 11.0. The Kier molecular flexibility index (Phi) is 9.64. The van der Waals surface area contributed by atoms with Crippen LogP contribution in [0.4, 0.5) is 0 Å². The molecule has 18 heavy (non-hydrogen) atoms. The fourth-order valence-electron chi connectivity index (χ4n) is 1.41. The Bertz CT molecular complexity index is 305. The SMILES string of the molecule is CCC/C=C/C=C/[C@H](CCCC(=O)OC)C(=O)O. The quantitative estimate of drug-likeness (QED) is 0.507. The Morgan fingerprint density at radius 1 is 1.33 bits per heavy atom. The Hall–Kier alpha value is -1.58. The number of aliphatic carboxylic acids is 1. The van der Waals surface area contributed by atoms with Gasteiger partial charge in [0.2, 0.25) is 0 Å². The fraction of sp³-hybridized carbons (Fsp3) is 0.571. The number of carboxylic acids is 1. The minimum Gasteiger partial charge on any atom is -0.481 e. The molecule has 0 radical (unpaired) electrons. The van der Waals surface area contributed by atoms with Crippen LogP contribution in [0.15, 0.2) is 24.3 Å². The minimum absolute atomic E-state index is 0.264. The summed E-state index contributed by atoms with van der Waals surface area (Å²) in [6, 6.07) is 0. The van der Waals surface area contributed by atoms with Crippen molar-refractivity contribution in [3.8, 4) is 0 Å². The summed E-state index contributed by atoms with van der Waals surface area (Å²) in [5.41, 5.74) is 0. The highest BCUT2D eigenvalue weighted by Crippen LogP contribution is 2.11. The zero-order chi connectivity index (χ0) is 13.8. The number of rotatable bonds is 9. The second-order valence-corrected chi connectivity index (χ2v) is 4.01. The molecule has 1 N–H and O–H groups in total. The van der Waals surface area contributed by atoms with Gasteiger partial charge in [0.25, 0.3) is 0 Å². The summed E-state index contributed by atoms with van der Waals surface area (Å²) in [5.74, 6) is -1.70. The highest BCUT2D eigenvalue weighted by Gasteiger charge is 2.13. The molecule has 0 aromatic carbocycles. The number of hydrogen-bond donors (Lipinski definition) is 1. The van der Waals surface area contributed by atoms with Gasteiger partial charge in [-0.2, -0.15) is 0 Å². The minimum atomic E-state index is -0.861. The largest absolute Gasteiger partial charge is 0.481 e. The molecule has 0 aromatic rings. The number of carbonyl (C=O) groups is 2. The summed E-state index contributed by atoms with van der Waals surface area (Å²) >= 11 is 0. The molecule has 0 spiro atoms. The van der Waals surface area contributed by atoms with Gasteiger partial charge in [0.05, 0.1) is 13.0 Å². The summed E-state index contributed by atoms with van der Waals surface area (Å²) in [4.78, 5) is 21.9. The number of carbonyl (C=O) groups excluding carboxylic acids is 1. The summed E-state index contributed by atoms with van der Waals surface area (Å²) in [6.07, 6.45) is 10.6. The molecular weight excluding hydrogens is 232 g/mol. The number of ether oxygens (including phenoxy) is 1. The predicted molar refractivity (Wildman–Crippen MR) is 70.2 cm³/mol. The number of esters is 1. The standard InChI is InChI=1S/C14H22O4/c1-3-4-5-6-7-9-12(14(16)17)10-8-11-13(15)18-2/h5-7,9,12H,3-4,8,10-11H2,1-2H3,(H,16,17)/b6-5+,9-7+/t12-/m1/s1. The van der Waals surface area contributed by atoms with Crippen molar-refractivity contribution < 1.29 is 19.4 Å². The molecule has 0 bridgehead atoms. The highest BCUT2D eigenvalue weighted by atomic mass is 16.5. The van der Waals surface area contributed by atoms with E-state index < -0.39 is 11.9 Å². The van der Waals surface area contributed by atoms with E-state index >= 15 is 0 Å². The molecule has 0 amide bonds. The summed E-state index contributed by atoms with van der Waals surface area (Å²) < 4.78 is 4.50. The van der Waals surface area contributed by atoms with Crippen molar-refractivity contribution in [2.45, 2.75) is 39.0 Å². The number of hydrogen-bond acceptors (Lipinski definition) is 3. The van der Waals surface area contributed by atoms with Crippen LogP contribution in [0.1, 0.15) is 39.0 Å². The van der Waals surface area contributed by atoms with E-state index in [0.717, 1.165) is 12.8 Å². The predicted octanol–water partition coefficient (Wildman–Crippen LogP) is 2.94. The van der Waals surface area contributed by atoms with Gasteiger partial charge in [-0.1, -0.05) is 37.6 Å². The third-order valence-corrected chi connectivity index (χ3v) is 2.49. The van der Waals surface area contributed by atoms with Gasteiger partial charge >= 0.3 is 11.9 Å². The molecule has 0 saturated carbocycles. The molecule has 0 unspecified atom stereocenters. The molecule has 0 heterocycles. The average Bonchev–Trinajstić information content (AvgIpc) is 2.35. The third kappa shape index (κ3) is 8.56. The maximum absolute atomic E-state index is 11.0. The van der Waals surface area contributed by atoms with Crippen molar-refractivity contribution in [3.63, 3.8) is 0 Å². The Labute approximate surface area is 108 Å². The van der Waals surface area contributed by atoms with Crippen molar-refractivity contribution in [3.05, 3.63) is 24.3 Å². The second-order valence-electron chi connectivity index (χ2n) is 4.01. The molecular formula is C14H22O4. The number of allylic oxidation sites excluding steroid dienone is 3. The summed E-state index contributed by atoms with van der Waals surface area (Å²) in [5, 5.41) is 9.01. The summed E-state index contributed by atoms with van der Waals surface area (Å²) in [7, 11) is 1.33. The van der Waals surface area contributed by atoms with Crippen molar-refractivity contribution >= 4 is 11.9 Å². The van der Waals surface area contributed by atoms with Gasteiger partial charge in [-0.3, -0.25) is 9.59 Å². The van der Waals surface area contributed by atoms with E-state index in [2.05, 4.69) is 11.7 Å². The first-order valence-corrected chi connectivity index (χ1v) is 6.24. The lowest BCUT2D eigenvalue weighted by Crippen LogP contribution is -2.11. The fourth-order valence-corrected chi connectivity index (χ4v) is 1.41. The van der Waals surface area contributed by atoms with E-state index in [0.29, 0.717) is 12.8 Å². The van der Waals surface area contributed by atoms with Gasteiger partial charge in [0.15, 0.2) is 0 Å². The lowest BCUT2D eigenvalue weighted by Gasteiger charge is -2.06. The molecule has 0 aliphatic carbocycles. The number of unbranched alkanes of at least 4 members (excludes halogenated alkanes) is 1. The first-order chi connectivity index (χ1) is 8.61. The monoisotopic (exact) mass is 254 g/mol. The Balaban J connectivity index is 4.07. The molecule has 4 nitrogen and oxygen atoms in total. The number of carboxylic acid groups (broad SMARTS) is 1. The maximum Gasteiger partial charge on any atom is 0.310 e. The molecule has 102 valence electrons. The second kappa shape index (κ2) is 10.6. The summed E-state index contributed by atoms with van der Waals surface area (Å²) in [6.45, 7) is 2.08. The Morgan fingerprint density at radius 3 is 2.61 bits per heavy atom. The molecule has 4 heteroatoms. The zero-order valence-corrected chi connectivity index (χ0v) is 11.1. The van der Waals surface area contributed by atoms with Crippen molar-refractivity contribution in [2.75, 3.05) is 7.11 Å². The van der Waals surface area contributed by atoms with Crippen LogP contribution in [-0.2, 0) is 14.3 Å². The highest BCUT2D eigenvalue weighted by molar-refractivity contribution is 5.72. The van der Waals surface area contributed by atoms with Crippen LogP contribution in [0.5, 0.6) is 0 Å². The molecule has 1 atom stereocenters. The van der Waals surface area contributed by atoms with Gasteiger partial charge in [0, 0.05) is 6.42 Å². The van der Waals surface area contributed by atoms with Crippen molar-refractivity contribution in [1.29, 1.82) is 0 Å². The molecule has 0 aliphatic heterocycles. The smallest absolute Gasteiger partial charge is 0.310 e. The van der Waals surface area contributed by atoms with Gasteiger partial charge in [-0.05, 0) is 19.3 Å². The molecule has 0 fully saturated rings. The van der Waals surface area contributed by atoms with E-state index in [1.807, 2.05) is 12.2 Å². The van der Waals surface area contributed by atoms with Crippen LogP contribution in [0.25, 0.3) is 0 Å². The first-order valence-electron chi connectivity index (χ1n) is 6.24. The van der Waals surface area contributed by atoms with Crippen LogP contribution < -0.4 is 0 Å². The lowest BCUT2D eigenvalue weighted by atomic mass is 10.0. The lowest BCUT2D eigenvalue weighted by molar-refractivity contribution is -0.142. The third-order valence-electron chi connectivity index (χ3n) is 2.49. The van der Waals surface area contributed by atoms with Crippen LogP contribution in [0, 0.1) is 5.92 Å². The zero-order valence-electron chi connectivity index (χ0n) is 11.1. The molecule has 0 rings (SSSR count). The van der Waals surface area contributed by atoms with E-state index in [4.69, 9.17) is 5.11 Å². The first kappa shape index (κ1) is 16.4. The van der Waals surface area contributed by atoms with E-state index in [9.17, 15) is 9.59 Å².